The summed E-state index contributed by atoms with van der Waals surface area (Å²) in [4.78, 5) is 0. The van der Waals surface area contributed by atoms with Crippen LogP contribution in [0.4, 0.5) is 0 Å². The van der Waals surface area contributed by atoms with Crippen molar-refractivity contribution in [1.29, 1.82) is 0 Å². The van der Waals surface area contributed by atoms with Crippen LogP contribution in [0, 0.1) is 17.8 Å². The van der Waals surface area contributed by atoms with Crippen LogP contribution < -0.4 is 0 Å². The molecule has 3 aliphatic carbocycles. The Kier molecular flexibility index (Phi) is 6.94. The smallest absolute Gasteiger partial charge is 0.0651 e. The van der Waals surface area contributed by atoms with Crippen LogP contribution in [-0.2, 0) is 17.6 Å². The van der Waals surface area contributed by atoms with E-state index in [1.54, 1.807) is 16.7 Å². The molecule has 0 spiro atoms. The first kappa shape index (κ1) is 20.2. The number of aryl methyl sites for hydroxylation is 1. The van der Waals surface area contributed by atoms with Crippen LogP contribution in [0.1, 0.15) is 94.2 Å². The Balaban J connectivity index is 1.34. The normalized spacial score (nSPS) is 32.9. The second kappa shape index (κ2) is 9.61. The predicted octanol–water partition coefficient (Wildman–Crippen LogP) is 7.24. The van der Waals surface area contributed by atoms with Crippen LogP contribution in [0.25, 0.3) is 0 Å². The van der Waals surface area contributed by atoms with Gasteiger partial charge in [0, 0.05) is 0 Å². The second-order valence-electron chi connectivity index (χ2n) is 9.79. The Morgan fingerprint density at radius 2 is 1.86 bits per heavy atom. The van der Waals surface area contributed by atoms with Crippen molar-refractivity contribution in [3.63, 3.8) is 0 Å². The van der Waals surface area contributed by atoms with E-state index in [4.69, 9.17) is 4.74 Å². The third-order valence-corrected chi connectivity index (χ3v) is 7.96. The largest absolute Gasteiger partial charge is 0.374 e. The molecule has 1 aromatic rings. The summed E-state index contributed by atoms with van der Waals surface area (Å²) in [6.07, 6.45) is 19.7. The molecule has 5 atom stereocenters. The van der Waals surface area contributed by atoms with Gasteiger partial charge in [-0.15, -0.1) is 0 Å². The molecule has 1 heteroatoms. The molecule has 2 fully saturated rings. The molecule has 4 rings (SSSR count). The first-order valence-electron chi connectivity index (χ1n) is 12.1. The second-order valence-corrected chi connectivity index (χ2v) is 9.79. The average Bonchev–Trinajstić information content (AvgIpc) is 2.73. The van der Waals surface area contributed by atoms with E-state index >= 15 is 0 Å². The molecule has 5 unspecified atom stereocenters. The van der Waals surface area contributed by atoms with Gasteiger partial charge < -0.3 is 4.74 Å². The summed E-state index contributed by atoms with van der Waals surface area (Å²) >= 11 is 0. The number of rotatable bonds is 6. The summed E-state index contributed by atoms with van der Waals surface area (Å²) in [5.74, 6) is 3.59. The van der Waals surface area contributed by atoms with Gasteiger partial charge >= 0.3 is 0 Å². The van der Waals surface area contributed by atoms with Gasteiger partial charge in [-0.3, -0.25) is 0 Å². The Morgan fingerprint density at radius 1 is 1.00 bits per heavy atom. The van der Waals surface area contributed by atoms with Gasteiger partial charge in [-0.25, -0.2) is 0 Å². The summed E-state index contributed by atoms with van der Waals surface area (Å²) in [6, 6.07) is 7.59. The topological polar surface area (TPSA) is 9.23 Å². The van der Waals surface area contributed by atoms with E-state index in [1.165, 1.54) is 70.6 Å². The maximum atomic E-state index is 6.09. The van der Waals surface area contributed by atoms with Crippen LogP contribution in [0.15, 0.2) is 30.4 Å². The number of benzene rings is 1. The van der Waals surface area contributed by atoms with E-state index < -0.39 is 0 Å². The van der Waals surface area contributed by atoms with Gasteiger partial charge in [0.2, 0.25) is 0 Å². The molecule has 0 saturated heterocycles. The van der Waals surface area contributed by atoms with Crippen molar-refractivity contribution < 1.29 is 4.74 Å². The number of fused-ring (bicyclic) bond motifs is 2. The summed E-state index contributed by atoms with van der Waals surface area (Å²) in [7, 11) is 0. The molecule has 0 bridgehead atoms. The highest BCUT2D eigenvalue weighted by Crippen LogP contribution is 2.47. The quantitative estimate of drug-likeness (QED) is 0.473. The molecular formula is C27H40O. The maximum Gasteiger partial charge on any atom is 0.0651 e. The van der Waals surface area contributed by atoms with Gasteiger partial charge in [0.25, 0.3) is 0 Å². The lowest BCUT2D eigenvalue weighted by Crippen LogP contribution is -2.33. The molecule has 0 N–H and O–H groups in total. The Hall–Kier alpha value is -1.08. The van der Waals surface area contributed by atoms with Gasteiger partial charge in [-0.05, 0) is 105 Å². The zero-order chi connectivity index (χ0) is 19.3. The summed E-state index contributed by atoms with van der Waals surface area (Å²) in [5, 5.41) is 0. The van der Waals surface area contributed by atoms with Crippen molar-refractivity contribution in [1.82, 2.24) is 0 Å². The van der Waals surface area contributed by atoms with Crippen molar-refractivity contribution in [2.75, 3.05) is 6.61 Å². The Bertz CT molecular complexity index is 660. The fourth-order valence-corrected chi connectivity index (χ4v) is 6.35. The first-order chi connectivity index (χ1) is 13.8. The minimum absolute atomic E-state index is 0.508. The summed E-state index contributed by atoms with van der Waals surface area (Å²) in [5.41, 5.74) is 4.98. The molecule has 154 valence electrons. The maximum absolute atomic E-state index is 6.09. The highest BCUT2D eigenvalue weighted by atomic mass is 16.5. The van der Waals surface area contributed by atoms with Crippen LogP contribution in [0.3, 0.4) is 0 Å². The van der Waals surface area contributed by atoms with Gasteiger partial charge in [0.15, 0.2) is 0 Å². The van der Waals surface area contributed by atoms with Crippen molar-refractivity contribution in [3.8, 4) is 0 Å². The number of ether oxygens (including phenoxy) is 1. The first-order valence-corrected chi connectivity index (χ1v) is 12.1. The van der Waals surface area contributed by atoms with Crippen molar-refractivity contribution >= 4 is 0 Å². The molecule has 0 aromatic heterocycles. The molecule has 0 amide bonds. The lowest BCUT2D eigenvalue weighted by Gasteiger charge is -2.42. The van der Waals surface area contributed by atoms with E-state index in [2.05, 4.69) is 44.2 Å². The number of hydrogen-bond acceptors (Lipinski definition) is 1. The lowest BCUT2D eigenvalue weighted by atomic mass is 9.65. The monoisotopic (exact) mass is 380 g/mol. The van der Waals surface area contributed by atoms with Crippen LogP contribution in [0.2, 0.25) is 0 Å². The zero-order valence-electron chi connectivity index (χ0n) is 18.2. The van der Waals surface area contributed by atoms with Gasteiger partial charge in [0.1, 0.15) is 0 Å². The minimum atomic E-state index is 0.508. The molecule has 0 aliphatic heterocycles. The van der Waals surface area contributed by atoms with Crippen LogP contribution in [0.5, 0.6) is 0 Å². The van der Waals surface area contributed by atoms with Crippen LogP contribution >= 0.6 is 0 Å². The van der Waals surface area contributed by atoms with E-state index in [9.17, 15) is 0 Å². The highest BCUT2D eigenvalue weighted by molar-refractivity contribution is 5.36. The van der Waals surface area contributed by atoms with Crippen molar-refractivity contribution in [3.05, 3.63) is 47.0 Å². The van der Waals surface area contributed by atoms with E-state index in [0.29, 0.717) is 6.10 Å². The van der Waals surface area contributed by atoms with Gasteiger partial charge in [-0.1, -0.05) is 50.1 Å². The third kappa shape index (κ3) is 4.73. The van der Waals surface area contributed by atoms with Crippen LogP contribution in [-0.4, -0.2) is 12.7 Å². The molecule has 2 saturated carbocycles. The molecule has 3 aliphatic rings. The fraction of sp³-hybridized carbons (Fsp3) is 0.704. The highest BCUT2D eigenvalue weighted by Gasteiger charge is 2.36. The fourth-order valence-electron chi connectivity index (χ4n) is 6.35. The molecule has 0 radical (unpaired) electrons. The van der Waals surface area contributed by atoms with E-state index in [-0.39, 0.29) is 0 Å². The summed E-state index contributed by atoms with van der Waals surface area (Å²) < 4.78 is 6.09. The van der Waals surface area contributed by atoms with Crippen molar-refractivity contribution in [2.45, 2.75) is 96.5 Å². The van der Waals surface area contributed by atoms with E-state index in [1.807, 2.05) is 0 Å². The molecule has 1 aromatic carbocycles. The zero-order valence-corrected chi connectivity index (χ0v) is 18.2. The average molecular weight is 381 g/mol. The molecule has 28 heavy (non-hydrogen) atoms. The number of allylic oxidation sites excluding steroid dienone is 1. The molecule has 0 heterocycles. The minimum Gasteiger partial charge on any atom is -0.374 e. The van der Waals surface area contributed by atoms with Gasteiger partial charge in [0.05, 0.1) is 12.7 Å². The SMILES string of the molecule is C/C=C/COC1CCC2CC(c3ccc4c(c3)CCC(CCC)C4)CCC2C1. The Labute approximate surface area is 173 Å². The lowest BCUT2D eigenvalue weighted by molar-refractivity contribution is -0.00320. The summed E-state index contributed by atoms with van der Waals surface area (Å²) in [6.45, 7) is 5.21. The van der Waals surface area contributed by atoms with Gasteiger partial charge in [-0.2, -0.15) is 0 Å². The Morgan fingerprint density at radius 3 is 2.71 bits per heavy atom. The predicted molar refractivity (Wildman–Crippen MR) is 119 cm³/mol. The standard InChI is InChI=1S/C27H40O/c1-3-5-15-28-27-14-13-25-18-24(11-12-26(25)19-27)23-10-9-21-16-20(6-4-2)7-8-22(21)17-23/h3,5,9-10,17,20,24-27H,4,6-8,11-16,18-19H2,1-2H3/b5-3+. The van der Waals surface area contributed by atoms with Crippen molar-refractivity contribution in [2.24, 2.45) is 17.8 Å². The third-order valence-electron chi connectivity index (χ3n) is 7.96. The van der Waals surface area contributed by atoms with E-state index in [0.717, 1.165) is 30.3 Å². The number of hydrogen-bond donors (Lipinski definition) is 0. The molecular weight excluding hydrogens is 340 g/mol. The molecule has 1 nitrogen and oxygen atoms in total.